The summed E-state index contributed by atoms with van der Waals surface area (Å²) in [5.41, 5.74) is 3.11. The summed E-state index contributed by atoms with van der Waals surface area (Å²) >= 11 is 3.65. The average Bonchev–Trinajstić information content (AvgIpc) is 3.52. The van der Waals surface area contributed by atoms with Gasteiger partial charge < -0.3 is 4.57 Å². The Kier molecular flexibility index (Phi) is 5.71. The minimum Gasteiger partial charge on any atom is -0.327 e. The van der Waals surface area contributed by atoms with E-state index in [2.05, 4.69) is 45.3 Å². The van der Waals surface area contributed by atoms with E-state index in [1.54, 1.807) is 37.6 Å². The van der Waals surface area contributed by atoms with E-state index in [0.717, 1.165) is 42.9 Å². The highest BCUT2D eigenvalue weighted by atomic mass is 32.2. The Balaban J connectivity index is 1.55. The predicted molar refractivity (Wildman–Crippen MR) is 131 cm³/mol. The third-order valence-electron chi connectivity index (χ3n) is 6.12. The Morgan fingerprint density at radius 3 is 2.72 bits per heavy atom. The van der Waals surface area contributed by atoms with Gasteiger partial charge in [-0.15, -0.1) is 22.7 Å². The molecule has 0 unspecified atom stereocenters. The Morgan fingerprint density at radius 2 is 2.00 bits per heavy atom. The standard InChI is InChI=1S/C23H26N4O2S3/c1-4-27-19-8-7-16(32(28,29)25(2)3)14-18(19)24-22(27)15-26-11-9-20-17(10-13-31-20)23(26)21-6-5-12-30-21/h5-8,10,12-14,23H,4,9,11,15H2,1-3H3/t23-/m1/s1. The molecule has 1 aliphatic heterocycles. The molecule has 1 aromatic carbocycles. The Bertz CT molecular complexity index is 1350. The van der Waals surface area contributed by atoms with Gasteiger partial charge in [-0.3, -0.25) is 4.90 Å². The summed E-state index contributed by atoms with van der Waals surface area (Å²) in [5, 5.41) is 4.34. The molecule has 6 nitrogen and oxygen atoms in total. The molecule has 9 heteroatoms. The number of aromatic nitrogens is 2. The number of thiophene rings is 2. The summed E-state index contributed by atoms with van der Waals surface area (Å²) in [5.74, 6) is 0.974. The first kappa shape index (κ1) is 21.8. The van der Waals surface area contributed by atoms with Gasteiger partial charge in [-0.2, -0.15) is 0 Å². The zero-order valence-corrected chi connectivity index (χ0v) is 20.8. The van der Waals surface area contributed by atoms with E-state index in [-0.39, 0.29) is 10.9 Å². The molecule has 32 heavy (non-hydrogen) atoms. The summed E-state index contributed by atoms with van der Waals surface area (Å²) in [7, 11) is -0.393. The zero-order valence-electron chi connectivity index (χ0n) is 18.4. The Morgan fingerprint density at radius 1 is 1.16 bits per heavy atom. The van der Waals surface area contributed by atoms with Crippen LogP contribution in [0.1, 0.15) is 34.1 Å². The minimum atomic E-state index is -3.50. The summed E-state index contributed by atoms with van der Waals surface area (Å²) in [4.78, 5) is 10.5. The van der Waals surface area contributed by atoms with Crippen LogP contribution in [0.4, 0.5) is 0 Å². The molecule has 4 aromatic rings. The van der Waals surface area contributed by atoms with E-state index in [9.17, 15) is 8.42 Å². The number of imidazole rings is 1. The molecule has 0 aliphatic carbocycles. The van der Waals surface area contributed by atoms with Crippen LogP contribution in [0.15, 0.2) is 52.1 Å². The molecule has 1 atom stereocenters. The molecule has 0 spiro atoms. The molecule has 0 N–H and O–H groups in total. The van der Waals surface area contributed by atoms with Gasteiger partial charge in [0.15, 0.2) is 0 Å². The quantitative estimate of drug-likeness (QED) is 0.400. The van der Waals surface area contributed by atoms with Crippen molar-refractivity contribution >= 4 is 43.7 Å². The number of nitrogens with zero attached hydrogens (tertiary/aromatic N) is 4. The molecule has 3 aromatic heterocycles. The van der Waals surface area contributed by atoms with E-state index >= 15 is 0 Å². The number of hydrogen-bond donors (Lipinski definition) is 0. The molecule has 0 saturated heterocycles. The van der Waals surface area contributed by atoms with Crippen LogP contribution in [-0.2, 0) is 29.5 Å². The van der Waals surface area contributed by atoms with Gasteiger partial charge in [-0.05, 0) is 60.0 Å². The van der Waals surface area contributed by atoms with Crippen molar-refractivity contribution in [3.8, 4) is 0 Å². The third-order valence-corrected chi connectivity index (χ3v) is 9.85. The molecule has 0 bridgehead atoms. The highest BCUT2D eigenvalue weighted by Crippen LogP contribution is 2.40. The predicted octanol–water partition coefficient (Wildman–Crippen LogP) is 4.58. The van der Waals surface area contributed by atoms with Crippen molar-refractivity contribution in [1.29, 1.82) is 0 Å². The molecule has 0 radical (unpaired) electrons. The number of benzene rings is 1. The Labute approximate surface area is 196 Å². The SMILES string of the molecule is CCn1c(CN2CCc3sccc3[C@@H]2c2cccs2)nc2cc(S(=O)(=O)N(C)C)ccc21. The molecule has 168 valence electrons. The van der Waals surface area contributed by atoms with Crippen molar-refractivity contribution in [1.82, 2.24) is 18.8 Å². The lowest BCUT2D eigenvalue weighted by Gasteiger charge is -2.35. The van der Waals surface area contributed by atoms with Crippen molar-refractivity contribution in [2.75, 3.05) is 20.6 Å². The third kappa shape index (κ3) is 3.62. The van der Waals surface area contributed by atoms with E-state index in [0.29, 0.717) is 0 Å². The van der Waals surface area contributed by atoms with Gasteiger partial charge in [0, 0.05) is 36.9 Å². The van der Waals surface area contributed by atoms with Crippen molar-refractivity contribution in [2.45, 2.75) is 37.4 Å². The van der Waals surface area contributed by atoms with Gasteiger partial charge >= 0.3 is 0 Å². The van der Waals surface area contributed by atoms with Crippen LogP contribution in [0.25, 0.3) is 11.0 Å². The van der Waals surface area contributed by atoms with Crippen LogP contribution in [-0.4, -0.2) is 47.8 Å². The molecular formula is C23H26N4O2S3. The molecule has 0 amide bonds. The monoisotopic (exact) mass is 486 g/mol. The topological polar surface area (TPSA) is 58.4 Å². The summed E-state index contributed by atoms with van der Waals surface area (Å²) < 4.78 is 28.7. The van der Waals surface area contributed by atoms with Crippen LogP contribution in [0.2, 0.25) is 0 Å². The van der Waals surface area contributed by atoms with Gasteiger partial charge in [0.1, 0.15) is 5.82 Å². The summed E-state index contributed by atoms with van der Waals surface area (Å²) in [6.45, 7) is 4.59. The van der Waals surface area contributed by atoms with Crippen LogP contribution >= 0.6 is 22.7 Å². The highest BCUT2D eigenvalue weighted by Gasteiger charge is 2.31. The summed E-state index contributed by atoms with van der Waals surface area (Å²) in [6.07, 6.45) is 1.05. The van der Waals surface area contributed by atoms with Gasteiger partial charge in [0.25, 0.3) is 0 Å². The molecule has 1 aliphatic rings. The average molecular weight is 487 g/mol. The molecule has 0 saturated carbocycles. The lowest BCUT2D eigenvalue weighted by atomic mass is 9.98. The van der Waals surface area contributed by atoms with E-state index in [1.165, 1.54) is 19.6 Å². The van der Waals surface area contributed by atoms with Gasteiger partial charge in [-0.25, -0.2) is 17.7 Å². The fourth-order valence-corrected chi connectivity index (χ4v) is 7.21. The van der Waals surface area contributed by atoms with Gasteiger partial charge in [0.2, 0.25) is 10.0 Å². The fourth-order valence-electron chi connectivity index (χ4n) is 4.50. The first-order chi connectivity index (χ1) is 15.4. The number of sulfonamides is 1. The zero-order chi connectivity index (χ0) is 22.5. The maximum atomic E-state index is 12.6. The van der Waals surface area contributed by atoms with Crippen molar-refractivity contribution in [2.24, 2.45) is 0 Å². The molecule has 5 rings (SSSR count). The first-order valence-corrected chi connectivity index (χ1v) is 13.9. The maximum absolute atomic E-state index is 12.6. The minimum absolute atomic E-state index is 0.236. The second-order valence-electron chi connectivity index (χ2n) is 8.15. The van der Waals surface area contributed by atoms with Crippen molar-refractivity contribution in [3.63, 3.8) is 0 Å². The van der Waals surface area contributed by atoms with Crippen LogP contribution in [0, 0.1) is 0 Å². The van der Waals surface area contributed by atoms with E-state index < -0.39 is 10.0 Å². The van der Waals surface area contributed by atoms with Crippen LogP contribution < -0.4 is 0 Å². The van der Waals surface area contributed by atoms with Crippen LogP contribution in [0.3, 0.4) is 0 Å². The molecule has 4 heterocycles. The fraction of sp³-hybridized carbons (Fsp3) is 0.348. The van der Waals surface area contributed by atoms with E-state index in [1.807, 2.05) is 17.4 Å². The lowest BCUT2D eigenvalue weighted by molar-refractivity contribution is 0.201. The molecule has 0 fully saturated rings. The van der Waals surface area contributed by atoms with E-state index in [4.69, 9.17) is 4.98 Å². The smallest absolute Gasteiger partial charge is 0.242 e. The first-order valence-electron chi connectivity index (χ1n) is 10.7. The summed E-state index contributed by atoms with van der Waals surface area (Å²) in [6, 6.07) is 12.1. The second kappa shape index (κ2) is 8.39. The van der Waals surface area contributed by atoms with Gasteiger partial charge in [-0.1, -0.05) is 6.07 Å². The lowest BCUT2D eigenvalue weighted by Crippen LogP contribution is -2.35. The molecular weight excluding hydrogens is 460 g/mol. The highest BCUT2D eigenvalue weighted by molar-refractivity contribution is 7.89. The van der Waals surface area contributed by atoms with Gasteiger partial charge in [0.05, 0.1) is 28.5 Å². The number of fused-ring (bicyclic) bond motifs is 2. The Hall–Kier alpha value is -2.04. The number of rotatable bonds is 6. The maximum Gasteiger partial charge on any atom is 0.242 e. The van der Waals surface area contributed by atoms with Crippen LogP contribution in [0.5, 0.6) is 0 Å². The largest absolute Gasteiger partial charge is 0.327 e. The number of aryl methyl sites for hydroxylation is 1. The normalized spacial score (nSPS) is 17.3. The van der Waals surface area contributed by atoms with Crippen molar-refractivity contribution < 1.29 is 8.42 Å². The van der Waals surface area contributed by atoms with Crippen molar-refractivity contribution in [3.05, 3.63) is 68.3 Å². The second-order valence-corrected chi connectivity index (χ2v) is 12.3. The number of hydrogen-bond acceptors (Lipinski definition) is 6.